The highest BCUT2D eigenvalue weighted by Crippen LogP contribution is 2.55. The molecular formula is C26H21NO2. The summed E-state index contributed by atoms with van der Waals surface area (Å²) in [6, 6.07) is 24.1. The van der Waals surface area contributed by atoms with Gasteiger partial charge in [0.1, 0.15) is 11.3 Å². The van der Waals surface area contributed by atoms with Gasteiger partial charge in [0, 0.05) is 12.1 Å². The molecule has 1 atom stereocenters. The number of ketones is 1. The van der Waals surface area contributed by atoms with Gasteiger partial charge in [-0.05, 0) is 40.5 Å². The van der Waals surface area contributed by atoms with Gasteiger partial charge in [-0.15, -0.1) is 6.58 Å². The van der Waals surface area contributed by atoms with Gasteiger partial charge in [-0.3, -0.25) is 4.79 Å². The van der Waals surface area contributed by atoms with Crippen LogP contribution in [0.4, 0.5) is 5.69 Å². The third-order valence-electron chi connectivity index (χ3n) is 5.88. The maximum absolute atomic E-state index is 13.9. The number of nitrogens with zero attached hydrogens (tertiary/aromatic N) is 1. The van der Waals surface area contributed by atoms with Crippen molar-refractivity contribution < 1.29 is 9.53 Å². The summed E-state index contributed by atoms with van der Waals surface area (Å²) in [5.41, 5.74) is 4.90. The Morgan fingerprint density at radius 1 is 0.966 bits per heavy atom. The maximum Gasteiger partial charge on any atom is 0.199 e. The van der Waals surface area contributed by atoms with E-state index in [4.69, 9.17) is 4.74 Å². The number of ether oxygens (including phenoxy) is 1. The topological polar surface area (TPSA) is 29.5 Å². The molecule has 3 nitrogen and oxygen atoms in total. The molecule has 3 aromatic carbocycles. The average molecular weight is 379 g/mol. The van der Waals surface area contributed by atoms with Crippen LogP contribution in [0.25, 0.3) is 5.57 Å². The number of methoxy groups -OCH3 is 1. The summed E-state index contributed by atoms with van der Waals surface area (Å²) in [4.78, 5) is 16.1. The normalized spacial score (nSPS) is 19.1. The zero-order valence-electron chi connectivity index (χ0n) is 16.3. The molecule has 1 aliphatic carbocycles. The van der Waals surface area contributed by atoms with Gasteiger partial charge in [-0.1, -0.05) is 66.7 Å². The number of anilines is 1. The molecule has 1 aliphatic heterocycles. The van der Waals surface area contributed by atoms with Crippen molar-refractivity contribution in [2.75, 3.05) is 18.6 Å². The smallest absolute Gasteiger partial charge is 0.199 e. The molecular weight excluding hydrogens is 358 g/mol. The Bertz CT molecular complexity index is 1160. The Morgan fingerprint density at radius 2 is 1.69 bits per heavy atom. The van der Waals surface area contributed by atoms with E-state index >= 15 is 0 Å². The summed E-state index contributed by atoms with van der Waals surface area (Å²) < 4.78 is 5.64. The minimum Gasteiger partial charge on any atom is -0.495 e. The van der Waals surface area contributed by atoms with Crippen LogP contribution in [-0.2, 0) is 5.54 Å². The Hall–Kier alpha value is -3.59. The first-order valence-corrected chi connectivity index (χ1v) is 9.71. The van der Waals surface area contributed by atoms with Gasteiger partial charge < -0.3 is 9.64 Å². The number of Topliss-reactive ketones (excluding diaryl/α,β-unsaturated/α-hetero) is 1. The zero-order valence-corrected chi connectivity index (χ0v) is 16.3. The van der Waals surface area contributed by atoms with Gasteiger partial charge in [0.05, 0.1) is 12.8 Å². The van der Waals surface area contributed by atoms with Gasteiger partial charge in [-0.25, -0.2) is 0 Å². The lowest BCUT2D eigenvalue weighted by Gasteiger charge is -2.35. The van der Waals surface area contributed by atoms with E-state index in [9.17, 15) is 4.79 Å². The minimum atomic E-state index is -0.896. The second-order valence-electron chi connectivity index (χ2n) is 7.32. The van der Waals surface area contributed by atoms with Crippen LogP contribution in [0.2, 0.25) is 0 Å². The number of carbonyl (C=O) groups excluding carboxylic acids is 1. The SMILES string of the molecule is C=CCN1c2c(OC)cccc2C(=O)C12C=C(c1ccccc1)c1ccccc12. The second kappa shape index (κ2) is 6.49. The third-order valence-corrected chi connectivity index (χ3v) is 5.88. The highest BCUT2D eigenvalue weighted by atomic mass is 16.5. The molecule has 3 aromatic rings. The first-order chi connectivity index (χ1) is 14.2. The first-order valence-electron chi connectivity index (χ1n) is 9.71. The maximum atomic E-state index is 13.9. The van der Waals surface area contributed by atoms with E-state index in [0.29, 0.717) is 17.9 Å². The van der Waals surface area contributed by atoms with Crippen LogP contribution in [0.3, 0.4) is 0 Å². The van der Waals surface area contributed by atoms with Crippen molar-refractivity contribution in [2.45, 2.75) is 5.54 Å². The van der Waals surface area contributed by atoms with E-state index in [2.05, 4.69) is 41.8 Å². The van der Waals surface area contributed by atoms with Crippen LogP contribution in [0.15, 0.2) is 91.5 Å². The average Bonchev–Trinajstić information content (AvgIpc) is 3.24. The number of para-hydroxylation sites is 1. The Balaban J connectivity index is 1.83. The quantitative estimate of drug-likeness (QED) is 0.582. The molecule has 142 valence electrons. The van der Waals surface area contributed by atoms with E-state index in [1.54, 1.807) is 7.11 Å². The zero-order chi connectivity index (χ0) is 20.0. The number of hydrogen-bond acceptors (Lipinski definition) is 3. The Morgan fingerprint density at radius 3 is 2.45 bits per heavy atom. The minimum absolute atomic E-state index is 0.0756. The molecule has 0 bridgehead atoms. The van der Waals surface area contributed by atoms with E-state index in [1.807, 2.05) is 54.6 Å². The predicted molar refractivity (Wildman–Crippen MR) is 117 cm³/mol. The van der Waals surface area contributed by atoms with Gasteiger partial charge in [0.15, 0.2) is 5.78 Å². The number of rotatable bonds is 4. The fourth-order valence-corrected chi connectivity index (χ4v) is 4.70. The van der Waals surface area contributed by atoms with Gasteiger partial charge in [0.25, 0.3) is 0 Å². The van der Waals surface area contributed by atoms with Crippen molar-refractivity contribution in [2.24, 2.45) is 0 Å². The molecule has 0 N–H and O–H groups in total. The number of benzene rings is 3. The van der Waals surface area contributed by atoms with Crippen LogP contribution in [-0.4, -0.2) is 19.4 Å². The highest BCUT2D eigenvalue weighted by Gasteiger charge is 2.55. The van der Waals surface area contributed by atoms with Crippen molar-refractivity contribution in [3.05, 3.63) is 114 Å². The Labute approximate surface area is 170 Å². The number of carbonyl (C=O) groups is 1. The summed E-state index contributed by atoms with van der Waals surface area (Å²) in [5.74, 6) is 0.778. The van der Waals surface area contributed by atoms with Crippen LogP contribution in [0.1, 0.15) is 27.0 Å². The van der Waals surface area contributed by atoms with E-state index < -0.39 is 5.54 Å². The molecule has 0 saturated carbocycles. The summed E-state index contributed by atoms with van der Waals surface area (Å²) >= 11 is 0. The van der Waals surface area contributed by atoms with E-state index in [-0.39, 0.29) is 5.78 Å². The fraction of sp³-hybridized carbons (Fsp3) is 0.115. The molecule has 3 heteroatoms. The molecule has 0 aromatic heterocycles. The van der Waals surface area contributed by atoms with Crippen molar-refractivity contribution in [3.63, 3.8) is 0 Å². The van der Waals surface area contributed by atoms with E-state index in [0.717, 1.165) is 28.0 Å². The predicted octanol–water partition coefficient (Wildman–Crippen LogP) is 5.22. The fourth-order valence-electron chi connectivity index (χ4n) is 4.70. The van der Waals surface area contributed by atoms with E-state index in [1.165, 1.54) is 0 Å². The second-order valence-corrected chi connectivity index (χ2v) is 7.32. The summed E-state index contributed by atoms with van der Waals surface area (Å²) in [7, 11) is 1.64. The monoisotopic (exact) mass is 379 g/mol. The molecule has 0 fully saturated rings. The lowest BCUT2D eigenvalue weighted by molar-refractivity contribution is 0.0933. The van der Waals surface area contributed by atoms with Crippen LogP contribution >= 0.6 is 0 Å². The van der Waals surface area contributed by atoms with Crippen LogP contribution in [0, 0.1) is 0 Å². The standard InChI is InChI=1S/C26H21NO2/c1-3-16-27-24-20(13-9-15-23(24)29-2)25(28)26(27)17-21(18-10-5-4-6-11-18)19-12-7-8-14-22(19)26/h3-15,17H,1,16H2,2H3. The van der Waals surface area contributed by atoms with Crippen molar-refractivity contribution >= 4 is 17.0 Å². The van der Waals surface area contributed by atoms with Gasteiger partial charge in [-0.2, -0.15) is 0 Å². The van der Waals surface area contributed by atoms with Crippen LogP contribution in [0.5, 0.6) is 5.75 Å². The summed E-state index contributed by atoms with van der Waals surface area (Å²) in [6.07, 6.45) is 3.96. The summed E-state index contributed by atoms with van der Waals surface area (Å²) in [5, 5.41) is 0. The Kier molecular flexibility index (Phi) is 3.92. The molecule has 0 saturated heterocycles. The highest BCUT2D eigenvalue weighted by molar-refractivity contribution is 6.19. The molecule has 1 unspecified atom stereocenters. The molecule has 2 aliphatic rings. The molecule has 29 heavy (non-hydrogen) atoms. The number of hydrogen-bond donors (Lipinski definition) is 0. The summed E-state index contributed by atoms with van der Waals surface area (Å²) in [6.45, 7) is 4.48. The lowest BCUT2D eigenvalue weighted by Crippen LogP contribution is -2.45. The van der Waals surface area contributed by atoms with Gasteiger partial charge >= 0.3 is 0 Å². The first kappa shape index (κ1) is 17.5. The van der Waals surface area contributed by atoms with Crippen molar-refractivity contribution in [3.8, 4) is 5.75 Å². The molecule has 5 rings (SSSR count). The molecule has 1 spiro atoms. The molecule has 1 heterocycles. The number of fused-ring (bicyclic) bond motifs is 3. The van der Waals surface area contributed by atoms with Gasteiger partial charge in [0.2, 0.25) is 0 Å². The molecule has 0 radical (unpaired) electrons. The lowest BCUT2D eigenvalue weighted by atomic mass is 9.86. The van der Waals surface area contributed by atoms with Crippen molar-refractivity contribution in [1.82, 2.24) is 0 Å². The largest absolute Gasteiger partial charge is 0.495 e. The third kappa shape index (κ3) is 2.27. The van der Waals surface area contributed by atoms with Crippen molar-refractivity contribution in [1.29, 1.82) is 0 Å². The van der Waals surface area contributed by atoms with Crippen LogP contribution < -0.4 is 9.64 Å². The molecule has 0 amide bonds.